The number of halogens is 3. The second-order valence-electron chi connectivity index (χ2n) is 4.64. The van der Waals surface area contributed by atoms with E-state index in [9.17, 15) is 13.2 Å². The fourth-order valence-electron chi connectivity index (χ4n) is 1.99. The summed E-state index contributed by atoms with van der Waals surface area (Å²) in [5.74, 6) is 0.495. The summed E-state index contributed by atoms with van der Waals surface area (Å²) in [4.78, 5) is 1.92. The molecule has 0 atom stereocenters. The van der Waals surface area contributed by atoms with Crippen LogP contribution in [0, 0.1) is 0 Å². The van der Waals surface area contributed by atoms with Crippen molar-refractivity contribution in [3.63, 3.8) is 0 Å². The second kappa shape index (κ2) is 6.84. The van der Waals surface area contributed by atoms with Crippen LogP contribution in [0.1, 0.15) is 18.3 Å². The SMILES string of the molecule is CCN(CCO)Cc1nnnn1-c1ccc(C(F)(F)F)cc1. The van der Waals surface area contributed by atoms with Crippen molar-refractivity contribution in [1.29, 1.82) is 0 Å². The van der Waals surface area contributed by atoms with Gasteiger partial charge in [0.25, 0.3) is 0 Å². The Labute approximate surface area is 125 Å². The third-order valence-electron chi connectivity index (χ3n) is 3.20. The van der Waals surface area contributed by atoms with Crippen LogP contribution in [0.5, 0.6) is 0 Å². The van der Waals surface area contributed by atoms with Gasteiger partial charge < -0.3 is 5.11 Å². The molecule has 9 heteroatoms. The van der Waals surface area contributed by atoms with Crippen LogP contribution < -0.4 is 0 Å². The monoisotopic (exact) mass is 315 g/mol. The molecular formula is C13H16F3N5O. The lowest BCUT2D eigenvalue weighted by molar-refractivity contribution is -0.137. The van der Waals surface area contributed by atoms with Crippen LogP contribution in [0.4, 0.5) is 13.2 Å². The lowest BCUT2D eigenvalue weighted by atomic mass is 10.2. The normalized spacial score (nSPS) is 12.1. The Morgan fingerprint density at radius 2 is 1.91 bits per heavy atom. The summed E-state index contributed by atoms with van der Waals surface area (Å²) in [5, 5.41) is 20.3. The molecule has 22 heavy (non-hydrogen) atoms. The topological polar surface area (TPSA) is 67.1 Å². The summed E-state index contributed by atoms with van der Waals surface area (Å²) in [6.45, 7) is 3.50. The molecule has 0 aliphatic carbocycles. The Morgan fingerprint density at radius 3 is 2.45 bits per heavy atom. The molecule has 1 aromatic carbocycles. The van der Waals surface area contributed by atoms with Crippen molar-refractivity contribution in [3.05, 3.63) is 35.7 Å². The van der Waals surface area contributed by atoms with Crippen molar-refractivity contribution in [2.24, 2.45) is 0 Å². The van der Waals surface area contributed by atoms with E-state index in [0.29, 0.717) is 31.1 Å². The zero-order valence-electron chi connectivity index (χ0n) is 12.0. The Hall–Kier alpha value is -2.00. The maximum Gasteiger partial charge on any atom is 0.416 e. The Kier molecular flexibility index (Phi) is 5.09. The van der Waals surface area contributed by atoms with E-state index >= 15 is 0 Å². The summed E-state index contributed by atoms with van der Waals surface area (Å²) >= 11 is 0. The maximum absolute atomic E-state index is 12.6. The number of nitrogens with zero attached hydrogens (tertiary/aromatic N) is 5. The number of aliphatic hydroxyl groups excluding tert-OH is 1. The first-order valence-corrected chi connectivity index (χ1v) is 6.73. The molecule has 0 unspecified atom stereocenters. The molecule has 6 nitrogen and oxygen atoms in total. The predicted octanol–water partition coefficient (Wildman–Crippen LogP) is 1.50. The van der Waals surface area contributed by atoms with E-state index < -0.39 is 11.7 Å². The van der Waals surface area contributed by atoms with Crippen molar-refractivity contribution in [1.82, 2.24) is 25.1 Å². The van der Waals surface area contributed by atoms with E-state index in [2.05, 4.69) is 15.5 Å². The van der Waals surface area contributed by atoms with Crippen LogP contribution in [0.3, 0.4) is 0 Å². The highest BCUT2D eigenvalue weighted by Gasteiger charge is 2.30. The standard InChI is InChI=1S/C13H16F3N5O/c1-2-20(7-8-22)9-12-17-18-19-21(12)11-5-3-10(4-6-11)13(14,15)16/h3-6,22H,2,7-9H2,1H3. The third kappa shape index (κ3) is 3.80. The van der Waals surface area contributed by atoms with Crippen molar-refractivity contribution >= 4 is 0 Å². The van der Waals surface area contributed by atoms with Crippen LogP contribution in [0.2, 0.25) is 0 Å². The minimum Gasteiger partial charge on any atom is -0.395 e. The van der Waals surface area contributed by atoms with Gasteiger partial charge in [-0.2, -0.15) is 17.9 Å². The number of rotatable bonds is 6. The lowest BCUT2D eigenvalue weighted by Gasteiger charge is -2.18. The Bertz CT molecular complexity index is 596. The van der Waals surface area contributed by atoms with Gasteiger partial charge in [-0.25, -0.2) is 0 Å². The quantitative estimate of drug-likeness (QED) is 0.875. The van der Waals surface area contributed by atoms with Gasteiger partial charge in [-0.15, -0.1) is 5.10 Å². The maximum atomic E-state index is 12.6. The fourth-order valence-corrected chi connectivity index (χ4v) is 1.99. The van der Waals surface area contributed by atoms with Gasteiger partial charge in [0.05, 0.1) is 24.4 Å². The summed E-state index contributed by atoms with van der Waals surface area (Å²) in [6.07, 6.45) is -4.37. The zero-order chi connectivity index (χ0) is 16.2. The van der Waals surface area contributed by atoms with E-state index in [-0.39, 0.29) is 6.61 Å². The lowest BCUT2D eigenvalue weighted by Crippen LogP contribution is -2.27. The molecule has 0 radical (unpaired) electrons. The molecule has 0 bridgehead atoms. The van der Waals surface area contributed by atoms with Crippen LogP contribution in [0.15, 0.2) is 24.3 Å². The molecule has 2 rings (SSSR count). The highest BCUT2D eigenvalue weighted by molar-refractivity contribution is 5.35. The average Bonchev–Trinajstić information content (AvgIpc) is 2.94. The summed E-state index contributed by atoms with van der Waals surface area (Å²) in [7, 11) is 0. The number of tetrazole rings is 1. The molecular weight excluding hydrogens is 299 g/mol. The number of likely N-dealkylation sites (N-methyl/N-ethyl adjacent to an activating group) is 1. The molecule has 0 fully saturated rings. The van der Waals surface area contributed by atoms with Gasteiger partial charge in [0.15, 0.2) is 5.82 Å². The molecule has 0 saturated heterocycles. The smallest absolute Gasteiger partial charge is 0.395 e. The third-order valence-corrected chi connectivity index (χ3v) is 3.20. The zero-order valence-corrected chi connectivity index (χ0v) is 12.0. The number of hydrogen-bond acceptors (Lipinski definition) is 5. The van der Waals surface area contributed by atoms with Gasteiger partial charge in [-0.3, -0.25) is 4.90 Å². The number of aromatic nitrogens is 4. The average molecular weight is 315 g/mol. The van der Waals surface area contributed by atoms with Crippen LogP contribution in [-0.2, 0) is 12.7 Å². The van der Waals surface area contributed by atoms with E-state index in [4.69, 9.17) is 5.11 Å². The van der Waals surface area contributed by atoms with Crippen LogP contribution in [0.25, 0.3) is 5.69 Å². The first kappa shape index (κ1) is 16.4. The summed E-state index contributed by atoms with van der Waals surface area (Å²) in [5.41, 5.74) is -0.269. The molecule has 0 spiro atoms. The number of aliphatic hydroxyl groups is 1. The van der Waals surface area contributed by atoms with Crippen molar-refractivity contribution < 1.29 is 18.3 Å². The second-order valence-corrected chi connectivity index (χ2v) is 4.64. The Balaban J connectivity index is 2.21. The molecule has 0 aliphatic rings. The number of alkyl halides is 3. The van der Waals surface area contributed by atoms with Gasteiger partial charge in [-0.05, 0) is 41.2 Å². The fraction of sp³-hybridized carbons (Fsp3) is 0.462. The molecule has 0 amide bonds. The Morgan fingerprint density at radius 1 is 1.23 bits per heavy atom. The van der Waals surface area contributed by atoms with Crippen molar-refractivity contribution in [2.75, 3.05) is 19.7 Å². The molecule has 0 saturated carbocycles. The minimum absolute atomic E-state index is 0.00961. The van der Waals surface area contributed by atoms with Gasteiger partial charge in [0, 0.05) is 6.54 Å². The first-order chi connectivity index (χ1) is 10.5. The summed E-state index contributed by atoms with van der Waals surface area (Å²) in [6, 6.07) is 4.63. The van der Waals surface area contributed by atoms with Gasteiger partial charge >= 0.3 is 6.18 Å². The molecule has 1 N–H and O–H groups in total. The largest absolute Gasteiger partial charge is 0.416 e. The van der Waals surface area contributed by atoms with E-state index in [1.807, 2.05) is 11.8 Å². The van der Waals surface area contributed by atoms with Crippen molar-refractivity contribution in [3.8, 4) is 5.69 Å². The molecule has 120 valence electrons. The number of benzene rings is 1. The first-order valence-electron chi connectivity index (χ1n) is 6.73. The van der Waals surface area contributed by atoms with Gasteiger partial charge in [0.1, 0.15) is 0 Å². The van der Waals surface area contributed by atoms with Crippen molar-refractivity contribution in [2.45, 2.75) is 19.6 Å². The molecule has 1 heterocycles. The van der Waals surface area contributed by atoms with Gasteiger partial charge in [-0.1, -0.05) is 6.92 Å². The van der Waals surface area contributed by atoms with Crippen LogP contribution in [-0.4, -0.2) is 49.9 Å². The minimum atomic E-state index is -4.37. The van der Waals surface area contributed by atoms with E-state index in [1.54, 1.807) is 0 Å². The van der Waals surface area contributed by atoms with Gasteiger partial charge in [0.2, 0.25) is 0 Å². The molecule has 2 aromatic rings. The summed E-state index contributed by atoms with van der Waals surface area (Å²) < 4.78 is 39.1. The molecule has 0 aliphatic heterocycles. The predicted molar refractivity (Wildman–Crippen MR) is 72.2 cm³/mol. The van der Waals surface area contributed by atoms with E-state index in [1.165, 1.54) is 16.8 Å². The highest BCUT2D eigenvalue weighted by atomic mass is 19.4. The van der Waals surface area contributed by atoms with E-state index in [0.717, 1.165) is 12.1 Å². The number of hydrogen-bond donors (Lipinski definition) is 1. The highest BCUT2D eigenvalue weighted by Crippen LogP contribution is 2.29. The van der Waals surface area contributed by atoms with Crippen LogP contribution >= 0.6 is 0 Å². The molecule has 1 aromatic heterocycles.